The third-order valence-electron chi connectivity index (χ3n) is 4.94. The molecule has 0 saturated carbocycles. The van der Waals surface area contributed by atoms with E-state index in [4.69, 9.17) is 9.47 Å². The summed E-state index contributed by atoms with van der Waals surface area (Å²) in [5, 5.41) is 2.67. The van der Waals surface area contributed by atoms with Crippen LogP contribution in [0, 0.1) is 0 Å². The molecule has 1 aromatic heterocycles. The summed E-state index contributed by atoms with van der Waals surface area (Å²) in [6, 6.07) is 6.20. The van der Waals surface area contributed by atoms with Gasteiger partial charge in [-0.2, -0.15) is 0 Å². The number of esters is 1. The summed E-state index contributed by atoms with van der Waals surface area (Å²) in [7, 11) is 0. The van der Waals surface area contributed by atoms with Gasteiger partial charge in [0.2, 0.25) is 0 Å². The number of nitrogens with zero attached hydrogens (tertiary/aromatic N) is 3. The maximum absolute atomic E-state index is 13.0. The molecular formula is C23H29N5O6. The summed E-state index contributed by atoms with van der Waals surface area (Å²) >= 11 is 0. The second-order valence-corrected chi connectivity index (χ2v) is 8.64. The molecule has 2 N–H and O–H groups in total. The van der Waals surface area contributed by atoms with Gasteiger partial charge in [0, 0.05) is 31.9 Å². The number of amides is 3. The molecule has 1 saturated heterocycles. The number of piperazine rings is 1. The highest BCUT2D eigenvalue weighted by molar-refractivity contribution is 6.10. The van der Waals surface area contributed by atoms with Crippen LogP contribution in [-0.2, 0) is 9.47 Å². The second kappa shape index (κ2) is 10.4. The van der Waals surface area contributed by atoms with Gasteiger partial charge in [-0.3, -0.25) is 9.59 Å². The summed E-state index contributed by atoms with van der Waals surface area (Å²) in [4.78, 5) is 59.6. The fourth-order valence-corrected chi connectivity index (χ4v) is 3.30. The largest absolute Gasteiger partial charge is 0.462 e. The SMILES string of the molecule is CCOC(=O)c1ccc(NC(=O)c2nc[nH]c2C(=O)N2CCN(C(=O)OC(C)(C)C)CC2)cc1. The van der Waals surface area contributed by atoms with Crippen LogP contribution in [0.2, 0.25) is 0 Å². The zero-order chi connectivity index (χ0) is 24.9. The molecule has 34 heavy (non-hydrogen) atoms. The lowest BCUT2D eigenvalue weighted by molar-refractivity contribution is 0.0140. The normalized spacial score (nSPS) is 13.9. The van der Waals surface area contributed by atoms with Gasteiger partial charge >= 0.3 is 12.1 Å². The van der Waals surface area contributed by atoms with E-state index in [2.05, 4.69) is 15.3 Å². The molecule has 11 nitrogen and oxygen atoms in total. The van der Waals surface area contributed by atoms with Gasteiger partial charge in [0.15, 0.2) is 5.69 Å². The smallest absolute Gasteiger partial charge is 0.410 e. The lowest BCUT2D eigenvalue weighted by Gasteiger charge is -2.35. The van der Waals surface area contributed by atoms with Crippen molar-refractivity contribution in [2.45, 2.75) is 33.3 Å². The number of anilines is 1. The van der Waals surface area contributed by atoms with Crippen molar-refractivity contribution >= 4 is 29.6 Å². The number of benzene rings is 1. The highest BCUT2D eigenvalue weighted by atomic mass is 16.6. The Morgan fingerprint density at radius 2 is 1.65 bits per heavy atom. The Kier molecular flexibility index (Phi) is 7.54. The lowest BCUT2D eigenvalue weighted by Crippen LogP contribution is -2.51. The van der Waals surface area contributed by atoms with Gasteiger partial charge in [-0.15, -0.1) is 0 Å². The van der Waals surface area contributed by atoms with Crippen molar-refractivity contribution in [3.63, 3.8) is 0 Å². The van der Waals surface area contributed by atoms with Crippen molar-refractivity contribution in [1.29, 1.82) is 0 Å². The Morgan fingerprint density at radius 3 is 2.24 bits per heavy atom. The van der Waals surface area contributed by atoms with E-state index in [0.29, 0.717) is 37.4 Å². The molecule has 0 aliphatic carbocycles. The summed E-state index contributed by atoms with van der Waals surface area (Å²) in [6.45, 7) is 8.62. The van der Waals surface area contributed by atoms with Gasteiger partial charge in [-0.25, -0.2) is 14.6 Å². The molecule has 1 aromatic carbocycles. The number of hydrogen-bond acceptors (Lipinski definition) is 7. The molecule has 182 valence electrons. The van der Waals surface area contributed by atoms with E-state index in [0.717, 1.165) is 0 Å². The van der Waals surface area contributed by atoms with Crippen LogP contribution in [0.1, 0.15) is 59.0 Å². The molecule has 1 aliphatic rings. The third kappa shape index (κ3) is 6.12. The van der Waals surface area contributed by atoms with E-state index in [1.807, 2.05) is 0 Å². The fraction of sp³-hybridized carbons (Fsp3) is 0.435. The zero-order valence-electron chi connectivity index (χ0n) is 19.7. The molecule has 2 heterocycles. The first-order valence-electron chi connectivity index (χ1n) is 11.0. The highest BCUT2D eigenvalue weighted by Gasteiger charge is 2.30. The Bertz CT molecular complexity index is 1050. The zero-order valence-corrected chi connectivity index (χ0v) is 19.7. The number of ether oxygens (including phenoxy) is 2. The van der Waals surface area contributed by atoms with E-state index in [-0.39, 0.29) is 23.9 Å². The number of H-pyrrole nitrogens is 1. The van der Waals surface area contributed by atoms with Crippen LogP contribution < -0.4 is 5.32 Å². The number of imidazole rings is 1. The topological polar surface area (TPSA) is 134 Å². The molecule has 0 radical (unpaired) electrons. The summed E-state index contributed by atoms with van der Waals surface area (Å²) < 4.78 is 10.3. The predicted octanol–water partition coefficient (Wildman–Crippen LogP) is 2.53. The Morgan fingerprint density at radius 1 is 1.03 bits per heavy atom. The average molecular weight is 472 g/mol. The molecule has 2 aromatic rings. The van der Waals surface area contributed by atoms with Gasteiger partial charge in [0.05, 0.1) is 18.5 Å². The maximum Gasteiger partial charge on any atom is 0.410 e. The standard InChI is InChI=1S/C23H29N5O6/c1-5-33-21(31)15-6-8-16(9-7-15)26-19(29)17-18(25-14-24-17)20(30)27-10-12-28(13-11-27)22(32)34-23(2,3)4/h6-9,14H,5,10-13H2,1-4H3,(H,24,25)(H,26,29). The Labute approximate surface area is 197 Å². The number of aromatic amines is 1. The van der Waals surface area contributed by atoms with Gasteiger partial charge in [0.25, 0.3) is 11.8 Å². The molecule has 1 fully saturated rings. The van der Waals surface area contributed by atoms with Crippen molar-refractivity contribution in [3.05, 3.63) is 47.5 Å². The monoisotopic (exact) mass is 471 g/mol. The Hall–Kier alpha value is -3.89. The van der Waals surface area contributed by atoms with Crippen LogP contribution in [0.25, 0.3) is 0 Å². The quantitative estimate of drug-likeness (QED) is 0.640. The van der Waals surface area contributed by atoms with Gasteiger partial charge in [0.1, 0.15) is 11.3 Å². The van der Waals surface area contributed by atoms with Crippen LogP contribution in [0.4, 0.5) is 10.5 Å². The van der Waals surface area contributed by atoms with E-state index < -0.39 is 23.6 Å². The molecule has 0 spiro atoms. The number of rotatable bonds is 5. The highest BCUT2D eigenvalue weighted by Crippen LogP contribution is 2.16. The third-order valence-corrected chi connectivity index (χ3v) is 4.94. The van der Waals surface area contributed by atoms with E-state index in [1.54, 1.807) is 49.6 Å². The van der Waals surface area contributed by atoms with E-state index in [9.17, 15) is 19.2 Å². The number of carbonyl (C=O) groups excluding carboxylic acids is 4. The number of aromatic nitrogens is 2. The molecule has 1 aliphatic heterocycles. The van der Waals surface area contributed by atoms with E-state index in [1.165, 1.54) is 18.5 Å². The minimum absolute atomic E-state index is 0.0472. The van der Waals surface area contributed by atoms with Crippen LogP contribution in [-0.4, -0.2) is 82.0 Å². The minimum Gasteiger partial charge on any atom is -0.462 e. The van der Waals surface area contributed by atoms with Gasteiger partial charge < -0.3 is 29.6 Å². The summed E-state index contributed by atoms with van der Waals surface area (Å²) in [5.41, 5.74) is 0.216. The minimum atomic E-state index is -0.596. The molecule has 0 atom stereocenters. The molecule has 11 heteroatoms. The fourth-order valence-electron chi connectivity index (χ4n) is 3.30. The van der Waals surface area contributed by atoms with Gasteiger partial charge in [-0.1, -0.05) is 0 Å². The van der Waals surface area contributed by atoms with Crippen molar-refractivity contribution in [3.8, 4) is 0 Å². The van der Waals surface area contributed by atoms with Crippen molar-refractivity contribution in [2.24, 2.45) is 0 Å². The molecule has 3 amide bonds. The van der Waals surface area contributed by atoms with Crippen LogP contribution in [0.5, 0.6) is 0 Å². The predicted molar refractivity (Wildman–Crippen MR) is 123 cm³/mol. The lowest BCUT2D eigenvalue weighted by atomic mass is 10.2. The number of hydrogen-bond donors (Lipinski definition) is 2. The van der Waals surface area contributed by atoms with Crippen LogP contribution >= 0.6 is 0 Å². The Balaban J connectivity index is 1.61. The van der Waals surface area contributed by atoms with Gasteiger partial charge in [-0.05, 0) is 52.0 Å². The molecular weight excluding hydrogens is 442 g/mol. The van der Waals surface area contributed by atoms with Crippen LogP contribution in [0.3, 0.4) is 0 Å². The average Bonchev–Trinajstić information content (AvgIpc) is 3.28. The first-order valence-corrected chi connectivity index (χ1v) is 11.0. The first-order chi connectivity index (χ1) is 16.1. The van der Waals surface area contributed by atoms with E-state index >= 15 is 0 Å². The van der Waals surface area contributed by atoms with Crippen molar-refractivity contribution in [2.75, 3.05) is 38.1 Å². The van der Waals surface area contributed by atoms with Crippen molar-refractivity contribution < 1.29 is 28.7 Å². The molecule has 0 bridgehead atoms. The molecule has 3 rings (SSSR count). The molecule has 0 unspecified atom stereocenters. The van der Waals surface area contributed by atoms with Crippen molar-refractivity contribution in [1.82, 2.24) is 19.8 Å². The number of carbonyl (C=O) groups is 4. The maximum atomic E-state index is 13.0. The summed E-state index contributed by atoms with van der Waals surface area (Å²) in [5.74, 6) is -1.41. The number of nitrogens with one attached hydrogen (secondary N) is 2. The first kappa shape index (κ1) is 24.7. The van der Waals surface area contributed by atoms with Crippen LogP contribution in [0.15, 0.2) is 30.6 Å². The summed E-state index contributed by atoms with van der Waals surface area (Å²) in [6.07, 6.45) is 0.860. The second-order valence-electron chi connectivity index (χ2n) is 8.64.